The number of carbonyl (C=O) groups is 1. The smallest absolute Gasteiger partial charge is 0.256 e. The predicted molar refractivity (Wildman–Crippen MR) is 53.9 cm³/mol. The van der Waals surface area contributed by atoms with Gasteiger partial charge in [0, 0.05) is 14.2 Å². The molecule has 1 aromatic heterocycles. The predicted octanol–water partition coefficient (Wildman–Crippen LogP) is 1.28. The average molecular weight is 234 g/mol. The van der Waals surface area contributed by atoms with Gasteiger partial charge in [0.1, 0.15) is 0 Å². The largest absolute Gasteiger partial charge is 0.452 e. The highest BCUT2D eigenvalue weighted by Gasteiger charge is 2.14. The summed E-state index contributed by atoms with van der Waals surface area (Å²) in [6.45, 7) is 0.243. The summed E-state index contributed by atoms with van der Waals surface area (Å²) in [4.78, 5) is 11.5. The van der Waals surface area contributed by atoms with Crippen molar-refractivity contribution in [3.63, 3.8) is 0 Å². The van der Waals surface area contributed by atoms with Crippen LogP contribution in [-0.4, -0.2) is 33.0 Å². The third-order valence-electron chi connectivity index (χ3n) is 1.82. The Labute approximate surface area is 92.3 Å². The standard InChI is InChI=1S/C9H12ClNO4/c1-13-7(14-2)5-11-9(12)6-3-4-15-8(6)10/h3-4,7H,5H2,1-2H3,(H,11,12). The summed E-state index contributed by atoms with van der Waals surface area (Å²) in [5.74, 6) is -0.326. The zero-order chi connectivity index (χ0) is 11.3. The molecule has 0 atom stereocenters. The zero-order valence-corrected chi connectivity index (χ0v) is 9.21. The number of halogens is 1. The van der Waals surface area contributed by atoms with E-state index in [-0.39, 0.29) is 17.7 Å². The lowest BCUT2D eigenvalue weighted by atomic mass is 10.3. The van der Waals surface area contributed by atoms with Gasteiger partial charge in [0.2, 0.25) is 5.22 Å². The van der Waals surface area contributed by atoms with Gasteiger partial charge in [0.25, 0.3) is 5.91 Å². The van der Waals surface area contributed by atoms with Crippen molar-refractivity contribution in [3.05, 3.63) is 23.1 Å². The van der Waals surface area contributed by atoms with Gasteiger partial charge in [-0.2, -0.15) is 0 Å². The van der Waals surface area contributed by atoms with Crippen LogP contribution in [0.4, 0.5) is 0 Å². The lowest BCUT2D eigenvalue weighted by Crippen LogP contribution is -2.34. The van der Waals surface area contributed by atoms with Crippen LogP contribution in [0, 0.1) is 0 Å². The molecule has 0 saturated heterocycles. The molecule has 0 bridgehead atoms. The molecule has 0 radical (unpaired) electrons. The molecule has 1 rings (SSSR count). The Morgan fingerprint density at radius 3 is 2.73 bits per heavy atom. The van der Waals surface area contributed by atoms with Crippen molar-refractivity contribution in [2.75, 3.05) is 20.8 Å². The molecule has 5 nitrogen and oxygen atoms in total. The topological polar surface area (TPSA) is 60.7 Å². The Hall–Kier alpha value is -1.04. The van der Waals surface area contributed by atoms with Gasteiger partial charge >= 0.3 is 0 Å². The molecule has 0 aliphatic carbocycles. The van der Waals surface area contributed by atoms with Crippen molar-refractivity contribution >= 4 is 17.5 Å². The van der Waals surface area contributed by atoms with Gasteiger partial charge < -0.3 is 19.2 Å². The van der Waals surface area contributed by atoms with E-state index in [2.05, 4.69) is 5.32 Å². The second-order valence-corrected chi connectivity index (χ2v) is 3.06. The third-order valence-corrected chi connectivity index (χ3v) is 2.11. The Morgan fingerprint density at radius 2 is 2.27 bits per heavy atom. The number of rotatable bonds is 5. The van der Waals surface area contributed by atoms with Crippen molar-refractivity contribution in [1.82, 2.24) is 5.32 Å². The number of nitrogens with one attached hydrogen (secondary N) is 1. The van der Waals surface area contributed by atoms with Crippen LogP contribution in [0.15, 0.2) is 16.7 Å². The van der Waals surface area contributed by atoms with Crippen molar-refractivity contribution in [3.8, 4) is 0 Å². The van der Waals surface area contributed by atoms with Crippen molar-refractivity contribution in [2.24, 2.45) is 0 Å². The monoisotopic (exact) mass is 233 g/mol. The summed E-state index contributed by atoms with van der Waals surface area (Å²) in [6, 6.07) is 1.49. The quantitative estimate of drug-likeness (QED) is 0.779. The first kappa shape index (κ1) is 12.0. The number of ether oxygens (including phenoxy) is 2. The molecule has 1 amide bonds. The number of carbonyl (C=O) groups excluding carboxylic acids is 1. The normalized spacial score (nSPS) is 10.7. The fourth-order valence-electron chi connectivity index (χ4n) is 0.990. The van der Waals surface area contributed by atoms with Crippen molar-refractivity contribution in [1.29, 1.82) is 0 Å². The van der Waals surface area contributed by atoms with E-state index in [9.17, 15) is 4.79 Å². The van der Waals surface area contributed by atoms with Crippen LogP contribution in [0.5, 0.6) is 0 Å². The summed E-state index contributed by atoms with van der Waals surface area (Å²) in [7, 11) is 2.98. The second-order valence-electron chi connectivity index (χ2n) is 2.72. The molecule has 0 aliphatic rings. The Bertz CT molecular complexity index is 322. The van der Waals surface area contributed by atoms with Crippen LogP contribution >= 0.6 is 11.6 Å². The number of amides is 1. The van der Waals surface area contributed by atoms with Crippen LogP contribution in [0.1, 0.15) is 10.4 Å². The first-order valence-corrected chi connectivity index (χ1v) is 4.63. The minimum Gasteiger partial charge on any atom is -0.452 e. The highest BCUT2D eigenvalue weighted by atomic mass is 35.5. The van der Waals surface area contributed by atoms with Crippen LogP contribution < -0.4 is 5.32 Å². The summed E-state index contributed by atoms with van der Waals surface area (Å²) < 4.78 is 14.6. The molecule has 6 heteroatoms. The van der Waals surface area contributed by atoms with Crippen LogP contribution in [0.3, 0.4) is 0 Å². The van der Waals surface area contributed by atoms with E-state index in [1.807, 2.05) is 0 Å². The summed E-state index contributed by atoms with van der Waals surface area (Å²) in [5, 5.41) is 2.66. The van der Waals surface area contributed by atoms with E-state index < -0.39 is 6.29 Å². The molecule has 1 aromatic rings. The van der Waals surface area contributed by atoms with Crippen LogP contribution in [0.25, 0.3) is 0 Å². The summed E-state index contributed by atoms with van der Waals surface area (Å²) >= 11 is 5.63. The molecule has 84 valence electrons. The molecule has 1 N–H and O–H groups in total. The first-order chi connectivity index (χ1) is 7.19. The van der Waals surface area contributed by atoms with Crippen molar-refractivity contribution < 1.29 is 18.7 Å². The lowest BCUT2D eigenvalue weighted by Gasteiger charge is -2.13. The van der Waals surface area contributed by atoms with E-state index in [1.165, 1.54) is 26.5 Å². The minimum atomic E-state index is -0.473. The molecule has 0 spiro atoms. The Morgan fingerprint density at radius 1 is 1.60 bits per heavy atom. The molecular weight excluding hydrogens is 222 g/mol. The van der Waals surface area contributed by atoms with Gasteiger partial charge in [-0.1, -0.05) is 0 Å². The highest BCUT2D eigenvalue weighted by Crippen LogP contribution is 2.15. The number of hydrogen-bond donors (Lipinski definition) is 1. The van der Waals surface area contributed by atoms with Gasteiger partial charge in [-0.3, -0.25) is 4.79 Å². The van der Waals surface area contributed by atoms with E-state index >= 15 is 0 Å². The molecule has 0 aromatic carbocycles. The summed E-state index contributed by atoms with van der Waals surface area (Å²) in [6.07, 6.45) is 0.876. The van der Waals surface area contributed by atoms with Gasteiger partial charge in [-0.25, -0.2) is 0 Å². The SMILES string of the molecule is COC(CNC(=O)c1ccoc1Cl)OC. The maximum absolute atomic E-state index is 11.5. The second kappa shape index (κ2) is 5.75. The molecule has 0 saturated carbocycles. The first-order valence-electron chi connectivity index (χ1n) is 4.25. The van der Waals surface area contributed by atoms with Crippen LogP contribution in [0.2, 0.25) is 5.22 Å². The van der Waals surface area contributed by atoms with E-state index in [1.54, 1.807) is 0 Å². The van der Waals surface area contributed by atoms with Crippen LogP contribution in [-0.2, 0) is 9.47 Å². The molecule has 0 aliphatic heterocycles. The molecule has 1 heterocycles. The zero-order valence-electron chi connectivity index (χ0n) is 8.45. The maximum atomic E-state index is 11.5. The average Bonchev–Trinajstić information content (AvgIpc) is 2.66. The van der Waals surface area contributed by atoms with Gasteiger partial charge in [0.15, 0.2) is 6.29 Å². The van der Waals surface area contributed by atoms with E-state index in [0.29, 0.717) is 5.56 Å². The summed E-state index contributed by atoms with van der Waals surface area (Å²) in [5.41, 5.74) is 0.294. The lowest BCUT2D eigenvalue weighted by molar-refractivity contribution is -0.0974. The van der Waals surface area contributed by atoms with Gasteiger partial charge in [-0.05, 0) is 17.7 Å². The molecule has 15 heavy (non-hydrogen) atoms. The minimum absolute atomic E-state index is 0.0684. The number of methoxy groups -OCH3 is 2. The van der Waals surface area contributed by atoms with Crippen molar-refractivity contribution in [2.45, 2.75) is 6.29 Å². The fraction of sp³-hybridized carbons (Fsp3) is 0.444. The fourth-order valence-corrected chi connectivity index (χ4v) is 1.19. The van der Waals surface area contributed by atoms with Gasteiger partial charge in [0.05, 0.1) is 18.4 Å². The van der Waals surface area contributed by atoms with E-state index in [0.717, 1.165) is 0 Å². The third kappa shape index (κ3) is 3.23. The molecular formula is C9H12ClNO4. The maximum Gasteiger partial charge on any atom is 0.256 e. The highest BCUT2D eigenvalue weighted by molar-refractivity contribution is 6.32. The van der Waals surface area contributed by atoms with E-state index in [4.69, 9.17) is 25.5 Å². The Balaban J connectivity index is 2.47. The van der Waals surface area contributed by atoms with Gasteiger partial charge in [-0.15, -0.1) is 0 Å². The molecule has 0 unspecified atom stereocenters. The Kier molecular flexibility index (Phi) is 4.61. The number of hydrogen-bond acceptors (Lipinski definition) is 4. The number of furan rings is 1. The molecule has 0 fully saturated rings.